The lowest BCUT2D eigenvalue weighted by Crippen LogP contribution is -2.32. The van der Waals surface area contributed by atoms with E-state index in [9.17, 15) is 19.2 Å². The maximum Gasteiger partial charge on any atom is 0.412 e. The molecular weight excluding hydrogens is 534 g/mol. The van der Waals surface area contributed by atoms with E-state index in [1.54, 1.807) is 97.3 Å². The first-order chi connectivity index (χ1) is 18.5. The molecule has 10 heteroatoms. The van der Waals surface area contributed by atoms with Crippen molar-refractivity contribution in [3.05, 3.63) is 86.8 Å². The predicted molar refractivity (Wildman–Crippen MR) is 155 cm³/mol. The van der Waals surface area contributed by atoms with Gasteiger partial charge in [-0.05, 0) is 95.1 Å². The summed E-state index contributed by atoms with van der Waals surface area (Å²) in [5.41, 5.74) is 0.748. The number of aromatic nitrogens is 1. The Morgan fingerprint density at radius 1 is 0.850 bits per heavy atom. The number of ketones is 1. The number of rotatable bonds is 6. The molecule has 0 atom stereocenters. The summed E-state index contributed by atoms with van der Waals surface area (Å²) in [7, 11) is 1.58. The number of aryl methyl sites for hydroxylation is 1. The Morgan fingerprint density at radius 3 is 2.05 bits per heavy atom. The van der Waals surface area contributed by atoms with Crippen LogP contribution < -0.4 is 16.2 Å². The van der Waals surface area contributed by atoms with Gasteiger partial charge < -0.3 is 19.4 Å². The lowest BCUT2D eigenvalue weighted by Gasteiger charge is -2.21. The number of nitrogens with one attached hydrogen (secondary N) is 2. The van der Waals surface area contributed by atoms with Crippen LogP contribution in [0.15, 0.2) is 59.5 Å². The van der Waals surface area contributed by atoms with Crippen molar-refractivity contribution in [1.82, 2.24) is 9.88 Å². The maximum atomic E-state index is 13.6. The Bertz CT molecular complexity index is 1480. The summed E-state index contributed by atoms with van der Waals surface area (Å²) in [4.78, 5) is 51.1. The molecule has 9 nitrogen and oxygen atoms in total. The molecule has 3 aromatic rings. The molecule has 3 rings (SSSR count). The van der Waals surface area contributed by atoms with Gasteiger partial charge >= 0.3 is 12.2 Å². The minimum Gasteiger partial charge on any atom is -0.444 e. The zero-order chi connectivity index (χ0) is 29.8. The smallest absolute Gasteiger partial charge is 0.412 e. The van der Waals surface area contributed by atoms with Crippen LogP contribution in [0.5, 0.6) is 0 Å². The van der Waals surface area contributed by atoms with Crippen molar-refractivity contribution in [2.45, 2.75) is 59.3 Å². The van der Waals surface area contributed by atoms with E-state index in [0.29, 0.717) is 38.5 Å². The molecule has 0 fully saturated rings. The van der Waals surface area contributed by atoms with Gasteiger partial charge in [0.15, 0.2) is 5.78 Å². The van der Waals surface area contributed by atoms with E-state index < -0.39 is 23.4 Å². The first-order valence-corrected chi connectivity index (χ1v) is 13.0. The zero-order valence-corrected chi connectivity index (χ0v) is 24.4. The predicted octanol–water partition coefficient (Wildman–Crippen LogP) is 6.31. The number of hydrogen-bond acceptors (Lipinski definition) is 6. The SMILES string of the molecule is Cn1cc(-c2cc(NC(=O)OC(C)(C)C)ccc2C(=O)c2ccc(Cl)cc2)c(CNC(=O)OC(C)(C)C)cc1=O. The van der Waals surface area contributed by atoms with Crippen LogP contribution in [0.1, 0.15) is 63.0 Å². The number of ether oxygens (including phenoxy) is 2. The molecule has 0 aliphatic carbocycles. The van der Waals surface area contributed by atoms with Gasteiger partial charge in [-0.25, -0.2) is 9.59 Å². The summed E-state index contributed by atoms with van der Waals surface area (Å²) in [5.74, 6) is -0.296. The first kappa shape index (κ1) is 30.4. The Morgan fingerprint density at radius 2 is 1.45 bits per heavy atom. The first-order valence-electron chi connectivity index (χ1n) is 12.6. The normalized spacial score (nSPS) is 11.5. The number of carbonyl (C=O) groups excluding carboxylic acids is 3. The van der Waals surface area contributed by atoms with Gasteiger partial charge in [-0.2, -0.15) is 0 Å². The number of halogens is 1. The van der Waals surface area contributed by atoms with E-state index >= 15 is 0 Å². The second-order valence-electron chi connectivity index (χ2n) is 11.2. The van der Waals surface area contributed by atoms with Crippen molar-refractivity contribution in [2.75, 3.05) is 5.32 Å². The highest BCUT2D eigenvalue weighted by Crippen LogP contribution is 2.31. The summed E-state index contributed by atoms with van der Waals surface area (Å²) in [6.07, 6.45) is 0.263. The molecule has 0 saturated carbocycles. The van der Waals surface area contributed by atoms with Gasteiger partial charge in [-0.1, -0.05) is 11.6 Å². The average molecular weight is 568 g/mol. The summed E-state index contributed by atoms with van der Waals surface area (Å²) in [6, 6.07) is 12.7. The second-order valence-corrected chi connectivity index (χ2v) is 11.7. The fourth-order valence-electron chi connectivity index (χ4n) is 3.76. The number of amides is 2. The van der Waals surface area contributed by atoms with E-state index in [4.69, 9.17) is 21.1 Å². The van der Waals surface area contributed by atoms with Crippen molar-refractivity contribution in [1.29, 1.82) is 0 Å². The average Bonchev–Trinajstić information content (AvgIpc) is 2.82. The Kier molecular flexibility index (Phi) is 9.10. The van der Waals surface area contributed by atoms with Gasteiger partial charge in [-0.15, -0.1) is 0 Å². The van der Waals surface area contributed by atoms with Crippen molar-refractivity contribution in [3.8, 4) is 11.1 Å². The molecule has 0 aliphatic rings. The van der Waals surface area contributed by atoms with Crippen LogP contribution in [-0.4, -0.2) is 33.7 Å². The number of pyridine rings is 1. The molecule has 1 heterocycles. The Labute approximate surface area is 238 Å². The van der Waals surface area contributed by atoms with Gasteiger partial charge in [0, 0.05) is 53.3 Å². The van der Waals surface area contributed by atoms with Crippen LogP contribution in [0.2, 0.25) is 5.02 Å². The van der Waals surface area contributed by atoms with Crippen LogP contribution in [0.4, 0.5) is 15.3 Å². The third-order valence-corrected chi connectivity index (χ3v) is 5.69. The molecule has 0 bridgehead atoms. The maximum absolute atomic E-state index is 13.6. The third-order valence-electron chi connectivity index (χ3n) is 5.44. The summed E-state index contributed by atoms with van der Waals surface area (Å²) >= 11 is 6.02. The molecular formula is C30H34ClN3O6. The summed E-state index contributed by atoms with van der Waals surface area (Å²) in [6.45, 7) is 10.4. The molecule has 0 aliphatic heterocycles. The molecule has 2 N–H and O–H groups in total. The molecule has 2 amide bonds. The van der Waals surface area contributed by atoms with Crippen molar-refractivity contribution in [2.24, 2.45) is 7.05 Å². The summed E-state index contributed by atoms with van der Waals surface area (Å²) < 4.78 is 12.1. The van der Waals surface area contributed by atoms with Crippen LogP contribution >= 0.6 is 11.6 Å². The van der Waals surface area contributed by atoms with Gasteiger partial charge in [0.25, 0.3) is 5.56 Å². The number of carbonyl (C=O) groups is 3. The molecule has 1 aromatic heterocycles. The van der Waals surface area contributed by atoms with Crippen LogP contribution in [0, 0.1) is 0 Å². The van der Waals surface area contributed by atoms with Gasteiger partial charge in [0.2, 0.25) is 0 Å². The number of anilines is 1. The zero-order valence-electron chi connectivity index (χ0n) is 23.7. The van der Waals surface area contributed by atoms with Crippen LogP contribution in [0.25, 0.3) is 11.1 Å². The molecule has 40 heavy (non-hydrogen) atoms. The third kappa shape index (κ3) is 8.44. The van der Waals surface area contributed by atoms with Crippen molar-refractivity contribution >= 4 is 35.3 Å². The van der Waals surface area contributed by atoms with Crippen molar-refractivity contribution < 1.29 is 23.9 Å². The summed E-state index contributed by atoms with van der Waals surface area (Å²) in [5, 5.41) is 5.86. The van der Waals surface area contributed by atoms with E-state index in [1.165, 1.54) is 10.6 Å². The second kappa shape index (κ2) is 12.0. The lowest BCUT2D eigenvalue weighted by atomic mass is 9.91. The molecule has 0 spiro atoms. The Hall–Kier alpha value is -4.11. The number of alkyl carbamates (subject to hydrolysis) is 1. The van der Waals surface area contributed by atoms with Gasteiger partial charge in [-0.3, -0.25) is 14.9 Å². The molecule has 2 aromatic carbocycles. The lowest BCUT2D eigenvalue weighted by molar-refractivity contribution is 0.0522. The molecule has 212 valence electrons. The molecule has 0 unspecified atom stereocenters. The highest BCUT2D eigenvalue weighted by atomic mass is 35.5. The van der Waals surface area contributed by atoms with Crippen LogP contribution in [-0.2, 0) is 23.1 Å². The number of benzene rings is 2. The Balaban J connectivity index is 2.13. The van der Waals surface area contributed by atoms with E-state index in [1.807, 2.05) is 0 Å². The standard InChI is InChI=1S/C30H34ClN3O6/c1-29(2,3)39-27(37)32-16-19-14-25(35)34(7)17-24(19)23-15-21(33-28(38)40-30(4,5)6)12-13-22(23)26(36)18-8-10-20(31)11-9-18/h8-15,17H,16H2,1-7H3,(H,32,37)(H,33,38). The monoisotopic (exact) mass is 567 g/mol. The highest BCUT2D eigenvalue weighted by Gasteiger charge is 2.22. The van der Waals surface area contributed by atoms with Crippen molar-refractivity contribution in [3.63, 3.8) is 0 Å². The fraction of sp³-hybridized carbons (Fsp3) is 0.333. The van der Waals surface area contributed by atoms with E-state index in [0.717, 1.165) is 0 Å². The van der Waals surface area contributed by atoms with Gasteiger partial charge in [0.05, 0.1) is 0 Å². The molecule has 0 radical (unpaired) electrons. The minimum absolute atomic E-state index is 0.0430. The fourth-order valence-corrected chi connectivity index (χ4v) is 3.89. The largest absolute Gasteiger partial charge is 0.444 e. The van der Waals surface area contributed by atoms with Gasteiger partial charge in [0.1, 0.15) is 11.2 Å². The highest BCUT2D eigenvalue weighted by molar-refractivity contribution is 6.30. The molecule has 0 saturated heterocycles. The number of nitrogens with zero attached hydrogens (tertiary/aromatic N) is 1. The van der Waals surface area contributed by atoms with E-state index in [2.05, 4.69) is 10.6 Å². The van der Waals surface area contributed by atoms with Crippen LogP contribution in [0.3, 0.4) is 0 Å². The minimum atomic E-state index is -0.713. The topological polar surface area (TPSA) is 116 Å². The van der Waals surface area contributed by atoms with E-state index in [-0.39, 0.29) is 17.9 Å². The number of hydrogen-bond donors (Lipinski definition) is 2. The quantitative estimate of drug-likeness (QED) is 0.337.